The van der Waals surface area contributed by atoms with Crippen molar-refractivity contribution in [1.82, 2.24) is 0 Å². The van der Waals surface area contributed by atoms with E-state index < -0.39 is 0 Å². The van der Waals surface area contributed by atoms with E-state index in [0.717, 1.165) is 15.0 Å². The molecule has 1 aliphatic rings. The fourth-order valence-corrected chi connectivity index (χ4v) is 2.88. The van der Waals surface area contributed by atoms with E-state index in [0.29, 0.717) is 4.94 Å². The van der Waals surface area contributed by atoms with E-state index in [4.69, 9.17) is 5.73 Å². The molecule has 1 fully saturated rings. The van der Waals surface area contributed by atoms with Gasteiger partial charge in [0.25, 0.3) is 0 Å². The van der Waals surface area contributed by atoms with Crippen molar-refractivity contribution < 1.29 is 0 Å². The molecule has 1 saturated heterocycles. The third kappa shape index (κ3) is 3.49. The number of rotatable bonds is 0. The normalized spacial score (nSPS) is 28.9. The average molecular weight is 188 g/mol. The third-order valence-electron chi connectivity index (χ3n) is 1.21. The standard InChI is InChI=1S/C5H11NSe.Na.H/c6-5-3-1-2-4-7-5;;/h5H,1-4,6H2;;. The van der Waals surface area contributed by atoms with Crippen LogP contribution < -0.4 is 5.73 Å². The molecule has 1 heterocycles. The van der Waals surface area contributed by atoms with Gasteiger partial charge in [0.05, 0.1) is 0 Å². The van der Waals surface area contributed by atoms with Crippen LogP contribution in [0.1, 0.15) is 19.3 Å². The minimum absolute atomic E-state index is 0. The Morgan fingerprint density at radius 3 is 2.38 bits per heavy atom. The van der Waals surface area contributed by atoms with Crippen LogP contribution in [-0.4, -0.2) is 49.5 Å². The van der Waals surface area contributed by atoms with Crippen molar-refractivity contribution in [3.8, 4) is 0 Å². The molecule has 0 spiro atoms. The van der Waals surface area contributed by atoms with Gasteiger partial charge in [0.2, 0.25) is 0 Å². The molecule has 0 bridgehead atoms. The quantitative estimate of drug-likeness (QED) is 0.529. The Morgan fingerprint density at radius 1 is 1.38 bits per heavy atom. The van der Waals surface area contributed by atoms with Gasteiger partial charge in [0, 0.05) is 0 Å². The maximum atomic E-state index is 5.66. The zero-order valence-corrected chi connectivity index (χ0v) is 6.10. The summed E-state index contributed by atoms with van der Waals surface area (Å²) in [6.07, 6.45) is 4.11. The van der Waals surface area contributed by atoms with E-state index in [1.807, 2.05) is 0 Å². The molecule has 1 unspecified atom stereocenters. The van der Waals surface area contributed by atoms with Crippen LogP contribution in [0.3, 0.4) is 0 Å². The number of nitrogens with two attached hydrogens (primary N) is 1. The molecule has 1 rings (SSSR count). The SMILES string of the molecule is NC1CCCC[Se]1.[NaH]. The molecule has 0 amide bonds. The zero-order valence-electron chi connectivity index (χ0n) is 4.39. The van der Waals surface area contributed by atoms with Crippen LogP contribution in [0.2, 0.25) is 5.32 Å². The van der Waals surface area contributed by atoms with Crippen molar-refractivity contribution in [2.24, 2.45) is 5.73 Å². The summed E-state index contributed by atoms with van der Waals surface area (Å²) < 4.78 is 0. The molecule has 0 aromatic heterocycles. The van der Waals surface area contributed by atoms with Crippen molar-refractivity contribution >= 4 is 44.5 Å². The average Bonchev–Trinajstić information content (AvgIpc) is 1.69. The zero-order chi connectivity index (χ0) is 5.11. The summed E-state index contributed by atoms with van der Waals surface area (Å²) in [7, 11) is 0. The Kier molecular flexibility index (Phi) is 6.26. The fraction of sp³-hybridized carbons (Fsp3) is 1.00. The molecular formula is C5H12NNaSe. The Labute approximate surface area is 79.2 Å². The Hall–Kier alpha value is 1.48. The molecule has 0 aromatic rings. The first-order valence-corrected chi connectivity index (χ1v) is 4.97. The second kappa shape index (κ2) is 5.28. The molecule has 0 radical (unpaired) electrons. The van der Waals surface area contributed by atoms with Gasteiger partial charge >= 0.3 is 79.8 Å². The van der Waals surface area contributed by atoms with Gasteiger partial charge in [-0.3, -0.25) is 0 Å². The van der Waals surface area contributed by atoms with Crippen LogP contribution in [0.4, 0.5) is 0 Å². The van der Waals surface area contributed by atoms with Gasteiger partial charge in [0.15, 0.2) is 0 Å². The van der Waals surface area contributed by atoms with E-state index in [1.54, 1.807) is 0 Å². The molecule has 8 heavy (non-hydrogen) atoms. The summed E-state index contributed by atoms with van der Waals surface area (Å²) in [5.74, 6) is 0. The third-order valence-corrected chi connectivity index (χ3v) is 3.71. The van der Waals surface area contributed by atoms with Gasteiger partial charge in [-0.15, -0.1) is 0 Å². The van der Waals surface area contributed by atoms with Crippen LogP contribution >= 0.6 is 0 Å². The van der Waals surface area contributed by atoms with E-state index in [2.05, 4.69) is 0 Å². The van der Waals surface area contributed by atoms with Gasteiger partial charge in [-0.2, -0.15) is 0 Å². The first-order valence-electron chi connectivity index (χ1n) is 2.77. The summed E-state index contributed by atoms with van der Waals surface area (Å²) in [6.45, 7) is 0. The molecule has 2 N–H and O–H groups in total. The van der Waals surface area contributed by atoms with Crippen LogP contribution in [-0.2, 0) is 0 Å². The summed E-state index contributed by atoms with van der Waals surface area (Å²) in [4.78, 5) is 0.598. The van der Waals surface area contributed by atoms with Crippen molar-refractivity contribution in [2.45, 2.75) is 29.5 Å². The van der Waals surface area contributed by atoms with Gasteiger partial charge in [0.1, 0.15) is 0 Å². The van der Waals surface area contributed by atoms with E-state index in [-0.39, 0.29) is 29.6 Å². The van der Waals surface area contributed by atoms with Crippen molar-refractivity contribution in [3.05, 3.63) is 0 Å². The first kappa shape index (κ1) is 9.48. The number of hydrogen-bond donors (Lipinski definition) is 1. The molecule has 1 aliphatic heterocycles. The van der Waals surface area contributed by atoms with Gasteiger partial charge in [-0.1, -0.05) is 0 Å². The summed E-state index contributed by atoms with van der Waals surface area (Å²) in [5, 5.41) is 1.42. The maximum absolute atomic E-state index is 5.66. The molecule has 1 atom stereocenters. The summed E-state index contributed by atoms with van der Waals surface area (Å²) in [5.41, 5.74) is 5.66. The monoisotopic (exact) mass is 189 g/mol. The van der Waals surface area contributed by atoms with E-state index >= 15 is 0 Å². The van der Waals surface area contributed by atoms with Gasteiger partial charge < -0.3 is 0 Å². The second-order valence-electron chi connectivity index (χ2n) is 1.91. The Morgan fingerprint density at radius 2 is 2.12 bits per heavy atom. The first-order chi connectivity index (χ1) is 3.39. The van der Waals surface area contributed by atoms with Crippen LogP contribution in [0, 0.1) is 0 Å². The molecule has 0 saturated carbocycles. The topological polar surface area (TPSA) is 26.0 Å². The Bertz CT molecular complexity index is 54.4. The fourth-order valence-electron chi connectivity index (χ4n) is 0.766. The summed E-state index contributed by atoms with van der Waals surface area (Å²) in [6, 6.07) is 0. The van der Waals surface area contributed by atoms with Crippen molar-refractivity contribution in [2.75, 3.05) is 0 Å². The molecule has 1 nitrogen and oxygen atoms in total. The van der Waals surface area contributed by atoms with E-state index in [1.165, 1.54) is 24.6 Å². The predicted octanol–water partition coefficient (Wildman–Crippen LogP) is -0.0709. The van der Waals surface area contributed by atoms with Crippen LogP contribution in [0.15, 0.2) is 0 Å². The Balaban J connectivity index is 0.000000490. The molecule has 0 aliphatic carbocycles. The second-order valence-corrected chi connectivity index (χ2v) is 4.73. The van der Waals surface area contributed by atoms with Crippen LogP contribution in [0.5, 0.6) is 0 Å². The molecule has 0 aromatic carbocycles. The number of hydrogen-bond acceptors (Lipinski definition) is 1. The van der Waals surface area contributed by atoms with Crippen LogP contribution in [0.25, 0.3) is 0 Å². The molecular weight excluding hydrogens is 176 g/mol. The predicted molar refractivity (Wildman–Crippen MR) is 39.5 cm³/mol. The molecule has 44 valence electrons. The van der Waals surface area contributed by atoms with Crippen molar-refractivity contribution in [1.29, 1.82) is 0 Å². The summed E-state index contributed by atoms with van der Waals surface area (Å²) >= 11 is 0.790. The van der Waals surface area contributed by atoms with Gasteiger partial charge in [-0.25, -0.2) is 0 Å². The van der Waals surface area contributed by atoms with Gasteiger partial charge in [-0.05, 0) is 0 Å². The minimum atomic E-state index is 0. The van der Waals surface area contributed by atoms with E-state index in [9.17, 15) is 0 Å². The molecule has 3 heteroatoms. The van der Waals surface area contributed by atoms with Crippen molar-refractivity contribution in [3.63, 3.8) is 0 Å².